The molecule has 2 heterocycles. The molecule has 0 atom stereocenters. The topological polar surface area (TPSA) is 70.6 Å². The van der Waals surface area contributed by atoms with E-state index in [-0.39, 0.29) is 5.91 Å². The van der Waals surface area contributed by atoms with Crippen LogP contribution < -0.4 is 15.0 Å². The zero-order chi connectivity index (χ0) is 19.9. The van der Waals surface area contributed by atoms with Crippen LogP contribution in [0.2, 0.25) is 0 Å². The van der Waals surface area contributed by atoms with Gasteiger partial charge in [-0.15, -0.1) is 0 Å². The highest BCUT2D eigenvalue weighted by Gasteiger charge is 2.21. The summed E-state index contributed by atoms with van der Waals surface area (Å²) in [6.45, 7) is 7.57. The Labute approximate surface area is 166 Å². The van der Waals surface area contributed by atoms with Gasteiger partial charge in [-0.05, 0) is 37.6 Å². The van der Waals surface area contributed by atoms with Crippen LogP contribution >= 0.6 is 0 Å². The van der Waals surface area contributed by atoms with E-state index in [1.807, 2.05) is 55.2 Å². The van der Waals surface area contributed by atoms with Gasteiger partial charge >= 0.3 is 0 Å². The first kappa shape index (κ1) is 19.7. The summed E-state index contributed by atoms with van der Waals surface area (Å²) in [6, 6.07) is 9.56. The first-order chi connectivity index (χ1) is 13.6. The van der Waals surface area contributed by atoms with Gasteiger partial charge in [-0.25, -0.2) is 4.98 Å². The van der Waals surface area contributed by atoms with Crippen molar-refractivity contribution in [2.75, 3.05) is 50.1 Å². The molecule has 1 amide bonds. The summed E-state index contributed by atoms with van der Waals surface area (Å²) >= 11 is 0. The second kappa shape index (κ2) is 9.21. The monoisotopic (exact) mass is 381 g/mol. The molecule has 1 aromatic carbocycles. The molecule has 7 nitrogen and oxygen atoms in total. The number of hydrogen-bond donors (Lipinski definition) is 1. The number of aromatic nitrogens is 2. The van der Waals surface area contributed by atoms with E-state index in [9.17, 15) is 4.79 Å². The zero-order valence-corrected chi connectivity index (χ0v) is 16.7. The molecule has 1 N–H and O–H groups in total. The number of methoxy groups -OCH3 is 1. The van der Waals surface area contributed by atoms with Gasteiger partial charge in [-0.1, -0.05) is 12.1 Å². The largest absolute Gasteiger partial charge is 0.497 e. The molecule has 2 aromatic rings. The molecule has 1 aromatic heterocycles. The van der Waals surface area contributed by atoms with Crippen LogP contribution in [0.1, 0.15) is 18.2 Å². The molecule has 3 rings (SSSR count). The Kier molecular flexibility index (Phi) is 6.47. The fourth-order valence-electron chi connectivity index (χ4n) is 3.08. The van der Waals surface area contributed by atoms with Crippen LogP contribution in [0.15, 0.2) is 36.4 Å². The third-order valence-electron chi connectivity index (χ3n) is 4.61. The lowest BCUT2D eigenvalue weighted by atomic mass is 10.2. The van der Waals surface area contributed by atoms with Gasteiger partial charge in [0.25, 0.3) is 0 Å². The average molecular weight is 381 g/mol. The summed E-state index contributed by atoms with van der Waals surface area (Å²) in [5.74, 6) is 2.38. The Balaban J connectivity index is 1.57. The minimum Gasteiger partial charge on any atom is -0.497 e. The van der Waals surface area contributed by atoms with Crippen molar-refractivity contribution in [3.63, 3.8) is 0 Å². The molecule has 0 radical (unpaired) electrons. The van der Waals surface area contributed by atoms with Crippen molar-refractivity contribution in [2.45, 2.75) is 13.8 Å². The maximum absolute atomic E-state index is 12.5. The van der Waals surface area contributed by atoms with Crippen LogP contribution in [0.5, 0.6) is 5.75 Å². The maximum Gasteiger partial charge on any atom is 0.246 e. The number of hydrogen-bond acceptors (Lipinski definition) is 6. The van der Waals surface area contributed by atoms with E-state index in [1.165, 1.54) is 0 Å². The van der Waals surface area contributed by atoms with Crippen LogP contribution in [-0.2, 0) is 4.79 Å². The smallest absolute Gasteiger partial charge is 0.246 e. The van der Waals surface area contributed by atoms with Crippen molar-refractivity contribution in [1.82, 2.24) is 14.9 Å². The number of ether oxygens (including phenoxy) is 1. The van der Waals surface area contributed by atoms with Gasteiger partial charge < -0.3 is 19.9 Å². The predicted molar refractivity (Wildman–Crippen MR) is 112 cm³/mol. The van der Waals surface area contributed by atoms with Crippen molar-refractivity contribution in [2.24, 2.45) is 0 Å². The Morgan fingerprint density at radius 1 is 1.18 bits per heavy atom. The van der Waals surface area contributed by atoms with Crippen molar-refractivity contribution >= 4 is 23.7 Å². The summed E-state index contributed by atoms with van der Waals surface area (Å²) in [4.78, 5) is 25.6. The average Bonchev–Trinajstić information content (AvgIpc) is 2.72. The van der Waals surface area contributed by atoms with E-state index < -0.39 is 0 Å². The third kappa shape index (κ3) is 5.00. The molecule has 0 saturated carbocycles. The fourth-order valence-corrected chi connectivity index (χ4v) is 3.08. The summed E-state index contributed by atoms with van der Waals surface area (Å²) in [6.07, 6.45) is 3.46. The number of piperazine rings is 1. The Morgan fingerprint density at radius 3 is 2.54 bits per heavy atom. The van der Waals surface area contributed by atoms with Crippen LogP contribution in [0.3, 0.4) is 0 Å². The highest BCUT2D eigenvalue weighted by Crippen LogP contribution is 2.16. The zero-order valence-electron chi connectivity index (χ0n) is 16.7. The number of nitrogens with zero attached hydrogens (tertiary/aromatic N) is 4. The van der Waals surface area contributed by atoms with Gasteiger partial charge in [0.1, 0.15) is 11.6 Å². The summed E-state index contributed by atoms with van der Waals surface area (Å²) < 4.78 is 5.15. The highest BCUT2D eigenvalue weighted by atomic mass is 16.5. The van der Waals surface area contributed by atoms with Crippen LogP contribution in [-0.4, -0.2) is 60.6 Å². The molecule has 7 heteroatoms. The van der Waals surface area contributed by atoms with E-state index in [2.05, 4.69) is 20.2 Å². The lowest BCUT2D eigenvalue weighted by Gasteiger charge is -2.34. The SMILES string of the molecule is CCNc1cc(C)nc(N2CCN(C(=O)/C=C/c3ccc(OC)cc3)CC2)n1. The molecule has 0 spiro atoms. The minimum atomic E-state index is 0.0222. The number of rotatable bonds is 6. The number of benzene rings is 1. The molecular weight excluding hydrogens is 354 g/mol. The van der Waals surface area contributed by atoms with E-state index >= 15 is 0 Å². The molecule has 1 aliphatic rings. The van der Waals surface area contributed by atoms with Crippen LogP contribution in [0, 0.1) is 6.92 Å². The Morgan fingerprint density at radius 2 is 1.89 bits per heavy atom. The number of amides is 1. The van der Waals surface area contributed by atoms with Gasteiger partial charge in [0.2, 0.25) is 11.9 Å². The van der Waals surface area contributed by atoms with E-state index in [0.717, 1.165) is 48.4 Å². The Hall–Kier alpha value is -3.09. The second-order valence-corrected chi connectivity index (χ2v) is 6.64. The van der Waals surface area contributed by atoms with Gasteiger partial charge in [-0.2, -0.15) is 4.98 Å². The first-order valence-corrected chi connectivity index (χ1v) is 9.54. The fraction of sp³-hybridized carbons (Fsp3) is 0.381. The van der Waals surface area contributed by atoms with Gasteiger partial charge in [0, 0.05) is 50.6 Å². The van der Waals surface area contributed by atoms with Crippen molar-refractivity contribution < 1.29 is 9.53 Å². The normalized spacial score (nSPS) is 14.4. The van der Waals surface area contributed by atoms with Crippen molar-refractivity contribution in [1.29, 1.82) is 0 Å². The molecule has 0 aliphatic carbocycles. The van der Waals surface area contributed by atoms with Gasteiger partial charge in [0.05, 0.1) is 7.11 Å². The van der Waals surface area contributed by atoms with Gasteiger partial charge in [0.15, 0.2) is 0 Å². The maximum atomic E-state index is 12.5. The number of carbonyl (C=O) groups is 1. The molecule has 0 unspecified atom stereocenters. The lowest BCUT2D eigenvalue weighted by Crippen LogP contribution is -2.48. The van der Waals surface area contributed by atoms with E-state index in [0.29, 0.717) is 13.1 Å². The van der Waals surface area contributed by atoms with Gasteiger partial charge in [-0.3, -0.25) is 4.79 Å². The number of aryl methyl sites for hydroxylation is 1. The molecular formula is C21H27N5O2. The highest BCUT2D eigenvalue weighted by molar-refractivity contribution is 5.92. The summed E-state index contributed by atoms with van der Waals surface area (Å²) in [7, 11) is 1.64. The number of anilines is 2. The third-order valence-corrected chi connectivity index (χ3v) is 4.61. The summed E-state index contributed by atoms with van der Waals surface area (Å²) in [5, 5.41) is 3.23. The standard InChI is InChI=1S/C21H27N5O2/c1-4-22-19-15-16(2)23-21(24-19)26-13-11-25(12-14-26)20(27)10-7-17-5-8-18(28-3)9-6-17/h5-10,15H,4,11-14H2,1-3H3,(H,22,23,24)/b10-7+. The minimum absolute atomic E-state index is 0.0222. The van der Waals surface area contributed by atoms with E-state index in [1.54, 1.807) is 13.2 Å². The van der Waals surface area contributed by atoms with Crippen molar-refractivity contribution in [3.05, 3.63) is 47.7 Å². The molecule has 1 fully saturated rings. The lowest BCUT2D eigenvalue weighted by molar-refractivity contribution is -0.126. The second-order valence-electron chi connectivity index (χ2n) is 6.64. The molecule has 28 heavy (non-hydrogen) atoms. The van der Waals surface area contributed by atoms with Crippen molar-refractivity contribution in [3.8, 4) is 5.75 Å². The molecule has 148 valence electrons. The number of carbonyl (C=O) groups excluding carboxylic acids is 1. The summed E-state index contributed by atoms with van der Waals surface area (Å²) in [5.41, 5.74) is 1.90. The molecule has 1 aliphatic heterocycles. The van der Waals surface area contributed by atoms with Crippen LogP contribution in [0.25, 0.3) is 6.08 Å². The molecule has 1 saturated heterocycles. The molecule has 0 bridgehead atoms. The van der Waals surface area contributed by atoms with Crippen LogP contribution in [0.4, 0.5) is 11.8 Å². The predicted octanol–water partition coefficient (Wildman–Crippen LogP) is 2.59. The quantitative estimate of drug-likeness (QED) is 0.776. The first-order valence-electron chi connectivity index (χ1n) is 9.54. The Bertz CT molecular complexity index is 827. The number of nitrogens with one attached hydrogen (secondary N) is 1. The van der Waals surface area contributed by atoms with E-state index in [4.69, 9.17) is 4.74 Å².